The molecule has 1 saturated carbocycles. The maximum atomic E-state index is 12.8. The summed E-state index contributed by atoms with van der Waals surface area (Å²) in [6, 6.07) is 8.42. The van der Waals surface area contributed by atoms with Crippen LogP contribution in [0.1, 0.15) is 49.4 Å². The van der Waals surface area contributed by atoms with E-state index in [1.54, 1.807) is 4.57 Å². The van der Waals surface area contributed by atoms with E-state index in [9.17, 15) is 4.79 Å². The molecular weight excluding hydrogens is 326 g/mol. The molecule has 134 valence electrons. The first-order chi connectivity index (χ1) is 12.7. The van der Waals surface area contributed by atoms with E-state index in [0.717, 1.165) is 43.1 Å². The Bertz CT molecular complexity index is 1020. The number of hydrogen-bond acceptors (Lipinski definition) is 4. The van der Waals surface area contributed by atoms with Gasteiger partial charge in [-0.3, -0.25) is 14.3 Å². The summed E-state index contributed by atoms with van der Waals surface area (Å²) in [5.74, 6) is 2.00. The Kier molecular flexibility index (Phi) is 3.67. The number of hydrogen-bond donors (Lipinski definition) is 0. The first-order valence-corrected chi connectivity index (χ1v) is 9.44. The van der Waals surface area contributed by atoms with Crippen molar-refractivity contribution in [2.45, 2.75) is 44.3 Å². The quantitative estimate of drug-likeness (QED) is 0.727. The van der Waals surface area contributed by atoms with E-state index in [1.807, 2.05) is 37.5 Å². The predicted molar refractivity (Wildman–Crippen MR) is 99.9 cm³/mol. The Morgan fingerprint density at radius 1 is 1.19 bits per heavy atom. The minimum Gasteiger partial charge on any atom is -0.331 e. The van der Waals surface area contributed by atoms with Gasteiger partial charge in [-0.25, -0.2) is 9.97 Å². The fraction of sp³-hybridized carbons (Fsp3) is 0.450. The highest BCUT2D eigenvalue weighted by atomic mass is 16.1. The maximum Gasteiger partial charge on any atom is 0.261 e. The van der Waals surface area contributed by atoms with E-state index >= 15 is 0 Å². The van der Waals surface area contributed by atoms with Crippen LogP contribution in [0.3, 0.4) is 0 Å². The summed E-state index contributed by atoms with van der Waals surface area (Å²) in [6.07, 6.45) is 8.67. The number of likely N-dealkylation sites (tertiary alicyclic amines) is 1. The van der Waals surface area contributed by atoms with Crippen LogP contribution >= 0.6 is 0 Å². The third kappa shape index (κ3) is 2.56. The summed E-state index contributed by atoms with van der Waals surface area (Å²) in [4.78, 5) is 24.6. The van der Waals surface area contributed by atoms with Crippen LogP contribution in [0.5, 0.6) is 0 Å². The lowest BCUT2D eigenvalue weighted by atomic mass is 10.1. The predicted octanol–water partition coefficient (Wildman–Crippen LogP) is 2.80. The number of aromatic nitrogens is 4. The van der Waals surface area contributed by atoms with Gasteiger partial charge in [0, 0.05) is 25.5 Å². The van der Waals surface area contributed by atoms with Crippen LogP contribution < -0.4 is 5.56 Å². The monoisotopic (exact) mass is 349 g/mol. The lowest BCUT2D eigenvalue weighted by Crippen LogP contribution is -2.31. The number of fused-ring (bicyclic) bond motifs is 1. The van der Waals surface area contributed by atoms with Gasteiger partial charge in [-0.15, -0.1) is 0 Å². The van der Waals surface area contributed by atoms with Gasteiger partial charge in [0.15, 0.2) is 0 Å². The zero-order valence-corrected chi connectivity index (χ0v) is 15.0. The first-order valence-electron chi connectivity index (χ1n) is 9.44. The average Bonchev–Trinajstić information content (AvgIpc) is 3.22. The minimum atomic E-state index is 0.0388. The van der Waals surface area contributed by atoms with E-state index in [2.05, 4.69) is 20.6 Å². The van der Waals surface area contributed by atoms with E-state index in [0.29, 0.717) is 11.4 Å². The summed E-state index contributed by atoms with van der Waals surface area (Å²) >= 11 is 0. The Hall–Kier alpha value is -2.47. The molecule has 6 nitrogen and oxygen atoms in total. The van der Waals surface area contributed by atoms with Crippen molar-refractivity contribution in [1.29, 1.82) is 0 Å². The molecule has 0 amide bonds. The second-order valence-corrected chi connectivity index (χ2v) is 7.46. The maximum absolute atomic E-state index is 12.8. The summed E-state index contributed by atoms with van der Waals surface area (Å²) in [7, 11) is 1.85. The molecule has 1 aromatic carbocycles. The normalized spacial score (nSPS) is 20.9. The summed E-state index contributed by atoms with van der Waals surface area (Å²) in [6.45, 7) is 1.84. The molecule has 1 atom stereocenters. The first kappa shape index (κ1) is 15.8. The SMILES string of the molecule is Cn1c(C2CCCN2Cc2nccn2C2CC2)nc2ccccc2c1=O. The molecule has 1 unspecified atom stereocenters. The number of rotatable bonds is 4. The highest BCUT2D eigenvalue weighted by molar-refractivity contribution is 5.77. The number of imidazole rings is 1. The van der Waals surface area contributed by atoms with Crippen LogP contribution in [0.15, 0.2) is 41.5 Å². The van der Waals surface area contributed by atoms with Gasteiger partial charge in [0.1, 0.15) is 11.6 Å². The smallest absolute Gasteiger partial charge is 0.261 e. The Morgan fingerprint density at radius 3 is 2.88 bits per heavy atom. The van der Waals surface area contributed by atoms with Crippen molar-refractivity contribution >= 4 is 10.9 Å². The number of para-hydroxylation sites is 1. The van der Waals surface area contributed by atoms with Gasteiger partial charge in [0.2, 0.25) is 0 Å². The molecule has 3 aromatic rings. The van der Waals surface area contributed by atoms with Crippen LogP contribution in [0.2, 0.25) is 0 Å². The summed E-state index contributed by atoms with van der Waals surface area (Å²) in [5, 5.41) is 0.688. The fourth-order valence-corrected chi connectivity index (χ4v) is 4.17. The van der Waals surface area contributed by atoms with Gasteiger partial charge in [-0.1, -0.05) is 12.1 Å². The molecule has 0 spiro atoms. The van der Waals surface area contributed by atoms with Gasteiger partial charge < -0.3 is 4.57 Å². The van der Waals surface area contributed by atoms with Crippen LogP contribution in [0.25, 0.3) is 10.9 Å². The Labute approximate surface area is 152 Å². The summed E-state index contributed by atoms with van der Waals surface area (Å²) in [5.41, 5.74) is 0.828. The third-order valence-electron chi connectivity index (χ3n) is 5.71. The number of nitrogens with zero attached hydrogens (tertiary/aromatic N) is 5. The second kappa shape index (κ2) is 6.06. The van der Waals surface area contributed by atoms with Gasteiger partial charge in [-0.05, 0) is 44.4 Å². The van der Waals surface area contributed by atoms with Crippen molar-refractivity contribution in [3.63, 3.8) is 0 Å². The molecule has 1 aliphatic heterocycles. The molecule has 3 heterocycles. The van der Waals surface area contributed by atoms with Gasteiger partial charge in [-0.2, -0.15) is 0 Å². The number of benzene rings is 1. The van der Waals surface area contributed by atoms with Crippen molar-refractivity contribution < 1.29 is 0 Å². The Morgan fingerprint density at radius 2 is 2.04 bits per heavy atom. The minimum absolute atomic E-state index is 0.0388. The van der Waals surface area contributed by atoms with Crippen LogP contribution in [0.4, 0.5) is 0 Å². The molecule has 0 N–H and O–H groups in total. The van der Waals surface area contributed by atoms with E-state index < -0.39 is 0 Å². The van der Waals surface area contributed by atoms with Crippen LogP contribution in [-0.4, -0.2) is 30.5 Å². The van der Waals surface area contributed by atoms with Crippen molar-refractivity contribution in [3.05, 3.63) is 58.7 Å². The van der Waals surface area contributed by atoms with Crippen molar-refractivity contribution in [2.75, 3.05) is 6.54 Å². The highest BCUT2D eigenvalue weighted by Gasteiger charge is 2.32. The molecule has 2 fully saturated rings. The lowest BCUT2D eigenvalue weighted by Gasteiger charge is -2.25. The molecule has 0 bridgehead atoms. The molecule has 1 saturated heterocycles. The van der Waals surface area contributed by atoms with E-state index in [1.165, 1.54) is 12.8 Å². The topological polar surface area (TPSA) is 56.0 Å². The standard InChI is InChI=1S/C20H23N5O/c1-23-19(22-16-6-3-2-5-15(16)20(23)26)17-7-4-11-24(17)13-18-21-10-12-25(18)14-8-9-14/h2-3,5-6,10,12,14,17H,4,7-9,11,13H2,1H3. The van der Waals surface area contributed by atoms with Crippen LogP contribution in [-0.2, 0) is 13.6 Å². The second-order valence-electron chi connectivity index (χ2n) is 7.46. The lowest BCUT2D eigenvalue weighted by molar-refractivity contribution is 0.226. The molecule has 2 aliphatic rings. The van der Waals surface area contributed by atoms with Gasteiger partial charge in [0.25, 0.3) is 5.56 Å². The van der Waals surface area contributed by atoms with Crippen molar-refractivity contribution in [2.24, 2.45) is 7.05 Å². The zero-order chi connectivity index (χ0) is 17.7. The average molecular weight is 349 g/mol. The molecular formula is C20H23N5O. The molecule has 26 heavy (non-hydrogen) atoms. The highest BCUT2D eigenvalue weighted by Crippen LogP contribution is 2.37. The zero-order valence-electron chi connectivity index (χ0n) is 15.0. The van der Waals surface area contributed by atoms with Gasteiger partial charge >= 0.3 is 0 Å². The van der Waals surface area contributed by atoms with Crippen molar-refractivity contribution in [1.82, 2.24) is 24.0 Å². The molecule has 6 heteroatoms. The van der Waals surface area contributed by atoms with Crippen molar-refractivity contribution in [3.8, 4) is 0 Å². The van der Waals surface area contributed by atoms with E-state index in [4.69, 9.17) is 4.98 Å². The largest absolute Gasteiger partial charge is 0.331 e. The molecule has 5 rings (SSSR count). The molecule has 1 aliphatic carbocycles. The Balaban J connectivity index is 1.51. The van der Waals surface area contributed by atoms with E-state index in [-0.39, 0.29) is 11.6 Å². The summed E-state index contributed by atoms with van der Waals surface area (Å²) < 4.78 is 4.06. The van der Waals surface area contributed by atoms with Gasteiger partial charge in [0.05, 0.1) is 23.5 Å². The fourth-order valence-electron chi connectivity index (χ4n) is 4.17. The third-order valence-corrected chi connectivity index (χ3v) is 5.71. The molecule has 0 radical (unpaired) electrons. The van der Waals surface area contributed by atoms with Crippen LogP contribution in [0, 0.1) is 0 Å². The molecule has 2 aromatic heterocycles.